The third-order valence-corrected chi connectivity index (χ3v) is 3.59. The summed E-state index contributed by atoms with van der Waals surface area (Å²) in [4.78, 5) is 2.42. The Bertz CT molecular complexity index is 422. The van der Waals surface area contributed by atoms with Crippen LogP contribution in [-0.4, -0.2) is 31.1 Å². The molecule has 17 heavy (non-hydrogen) atoms. The highest BCUT2D eigenvalue weighted by atomic mass is 79.9. The third kappa shape index (κ3) is 3.45. The lowest BCUT2D eigenvalue weighted by Crippen LogP contribution is -2.25. The average Bonchev–Trinajstić information content (AvgIpc) is 2.82. The average molecular weight is 295 g/mol. The van der Waals surface area contributed by atoms with Gasteiger partial charge in [-0.2, -0.15) is 5.26 Å². The molecule has 1 aliphatic rings. The minimum Gasteiger partial charge on any atom is -0.492 e. The number of hydrogen-bond donors (Lipinski definition) is 0. The summed E-state index contributed by atoms with van der Waals surface area (Å²) in [7, 11) is 0. The molecule has 1 aliphatic heterocycles. The second-order valence-corrected chi connectivity index (χ2v) is 5.01. The van der Waals surface area contributed by atoms with Crippen molar-refractivity contribution in [1.29, 1.82) is 5.26 Å². The van der Waals surface area contributed by atoms with Crippen LogP contribution in [0.4, 0.5) is 0 Å². The van der Waals surface area contributed by atoms with Gasteiger partial charge >= 0.3 is 0 Å². The summed E-state index contributed by atoms with van der Waals surface area (Å²) >= 11 is 3.35. The number of ether oxygens (including phenoxy) is 1. The highest BCUT2D eigenvalue weighted by Crippen LogP contribution is 2.22. The second kappa shape index (κ2) is 6.04. The molecular weight excluding hydrogens is 280 g/mol. The summed E-state index contributed by atoms with van der Waals surface area (Å²) in [5, 5.41) is 8.80. The van der Waals surface area contributed by atoms with Crippen LogP contribution in [0.2, 0.25) is 0 Å². The van der Waals surface area contributed by atoms with E-state index in [0.29, 0.717) is 12.2 Å². The van der Waals surface area contributed by atoms with E-state index in [2.05, 4.69) is 26.9 Å². The zero-order valence-corrected chi connectivity index (χ0v) is 11.2. The van der Waals surface area contributed by atoms with Gasteiger partial charge in [-0.3, -0.25) is 4.90 Å². The van der Waals surface area contributed by atoms with Crippen molar-refractivity contribution >= 4 is 15.9 Å². The molecule has 0 aromatic heterocycles. The fourth-order valence-corrected chi connectivity index (χ4v) is 2.42. The smallest absolute Gasteiger partial charge is 0.120 e. The molecule has 0 spiro atoms. The van der Waals surface area contributed by atoms with E-state index >= 15 is 0 Å². The first kappa shape index (κ1) is 12.4. The predicted molar refractivity (Wildman–Crippen MR) is 70.0 cm³/mol. The Morgan fingerprint density at radius 1 is 1.35 bits per heavy atom. The molecule has 0 atom stereocenters. The summed E-state index contributed by atoms with van der Waals surface area (Å²) in [5.41, 5.74) is 0.636. The number of nitrogens with zero attached hydrogens (tertiary/aromatic N) is 2. The molecular formula is C13H15BrN2O. The first-order valence-corrected chi connectivity index (χ1v) is 6.64. The van der Waals surface area contributed by atoms with Crippen molar-refractivity contribution in [1.82, 2.24) is 4.90 Å². The van der Waals surface area contributed by atoms with Gasteiger partial charge in [0, 0.05) is 11.0 Å². The molecule has 2 rings (SSSR count). The van der Waals surface area contributed by atoms with E-state index in [1.54, 1.807) is 6.07 Å². The summed E-state index contributed by atoms with van der Waals surface area (Å²) in [6.45, 7) is 4.08. The van der Waals surface area contributed by atoms with Crippen LogP contribution in [0.1, 0.15) is 18.4 Å². The third-order valence-electron chi connectivity index (χ3n) is 2.94. The van der Waals surface area contributed by atoms with Gasteiger partial charge in [0.25, 0.3) is 0 Å². The molecule has 0 bridgehead atoms. The zero-order chi connectivity index (χ0) is 12.1. The van der Waals surface area contributed by atoms with Gasteiger partial charge in [-0.25, -0.2) is 0 Å². The second-order valence-electron chi connectivity index (χ2n) is 4.15. The molecule has 1 fully saturated rings. The number of hydrogen-bond acceptors (Lipinski definition) is 3. The molecule has 4 heteroatoms. The van der Waals surface area contributed by atoms with Crippen molar-refractivity contribution in [2.45, 2.75) is 12.8 Å². The Labute approximate surface area is 110 Å². The maximum Gasteiger partial charge on any atom is 0.120 e. The Kier molecular flexibility index (Phi) is 4.41. The van der Waals surface area contributed by atoms with Gasteiger partial charge in [-0.05, 0) is 60.1 Å². The fraction of sp³-hybridized carbons (Fsp3) is 0.462. The van der Waals surface area contributed by atoms with Crippen LogP contribution in [0.3, 0.4) is 0 Å². The Balaban J connectivity index is 1.82. The van der Waals surface area contributed by atoms with Crippen LogP contribution in [0.25, 0.3) is 0 Å². The van der Waals surface area contributed by atoms with Crippen LogP contribution < -0.4 is 4.74 Å². The number of halogens is 1. The van der Waals surface area contributed by atoms with Crippen LogP contribution >= 0.6 is 15.9 Å². The lowest BCUT2D eigenvalue weighted by Gasteiger charge is -2.15. The SMILES string of the molecule is N#Cc1ccc(OCCN2CCCC2)cc1Br. The number of benzene rings is 1. The van der Waals surface area contributed by atoms with E-state index in [1.165, 1.54) is 25.9 Å². The normalized spacial score (nSPS) is 15.8. The van der Waals surface area contributed by atoms with E-state index in [1.807, 2.05) is 12.1 Å². The first-order chi connectivity index (χ1) is 8.29. The van der Waals surface area contributed by atoms with Gasteiger partial charge in [-0.1, -0.05) is 0 Å². The molecule has 0 saturated carbocycles. The minimum absolute atomic E-state index is 0.636. The van der Waals surface area contributed by atoms with Crippen LogP contribution in [-0.2, 0) is 0 Å². The summed E-state index contributed by atoms with van der Waals surface area (Å²) in [5.74, 6) is 0.815. The number of nitriles is 1. The maximum absolute atomic E-state index is 8.80. The highest BCUT2D eigenvalue weighted by molar-refractivity contribution is 9.10. The van der Waals surface area contributed by atoms with Crippen LogP contribution in [0.5, 0.6) is 5.75 Å². The molecule has 1 aromatic rings. The molecule has 90 valence electrons. The summed E-state index contributed by atoms with van der Waals surface area (Å²) in [6.07, 6.45) is 2.62. The monoisotopic (exact) mass is 294 g/mol. The number of likely N-dealkylation sites (tertiary alicyclic amines) is 1. The van der Waals surface area contributed by atoms with Crippen molar-refractivity contribution < 1.29 is 4.74 Å². The molecule has 0 N–H and O–H groups in total. The first-order valence-electron chi connectivity index (χ1n) is 5.84. The Hall–Kier alpha value is -1.05. The summed E-state index contributed by atoms with van der Waals surface area (Å²) in [6, 6.07) is 7.58. The zero-order valence-electron chi connectivity index (χ0n) is 9.66. The van der Waals surface area contributed by atoms with E-state index in [4.69, 9.17) is 10.00 Å². The number of rotatable bonds is 4. The van der Waals surface area contributed by atoms with E-state index in [9.17, 15) is 0 Å². The molecule has 0 unspecified atom stereocenters. The predicted octanol–water partition coefficient (Wildman–Crippen LogP) is 2.80. The maximum atomic E-state index is 8.80. The van der Waals surface area contributed by atoms with Crippen molar-refractivity contribution in [2.75, 3.05) is 26.2 Å². The summed E-state index contributed by atoms with van der Waals surface area (Å²) < 4.78 is 6.46. The lowest BCUT2D eigenvalue weighted by atomic mass is 10.2. The standard InChI is InChI=1S/C13H15BrN2O/c14-13-9-12(4-3-11(13)10-15)17-8-7-16-5-1-2-6-16/h3-4,9H,1-2,5-8H2. The highest BCUT2D eigenvalue weighted by Gasteiger charge is 2.10. The molecule has 1 heterocycles. The van der Waals surface area contributed by atoms with Crippen molar-refractivity contribution in [3.63, 3.8) is 0 Å². The van der Waals surface area contributed by atoms with Crippen LogP contribution in [0.15, 0.2) is 22.7 Å². The van der Waals surface area contributed by atoms with Gasteiger partial charge in [0.1, 0.15) is 18.4 Å². The molecule has 0 amide bonds. The molecule has 1 saturated heterocycles. The van der Waals surface area contributed by atoms with Crippen molar-refractivity contribution in [3.05, 3.63) is 28.2 Å². The van der Waals surface area contributed by atoms with Crippen molar-refractivity contribution in [3.8, 4) is 11.8 Å². The van der Waals surface area contributed by atoms with Crippen molar-refractivity contribution in [2.24, 2.45) is 0 Å². The quantitative estimate of drug-likeness (QED) is 0.857. The molecule has 3 nitrogen and oxygen atoms in total. The van der Waals surface area contributed by atoms with Gasteiger partial charge in [0.05, 0.1) is 5.56 Å². The van der Waals surface area contributed by atoms with Crippen LogP contribution in [0, 0.1) is 11.3 Å². The molecule has 1 aromatic carbocycles. The molecule has 0 radical (unpaired) electrons. The van der Waals surface area contributed by atoms with Gasteiger partial charge in [0.15, 0.2) is 0 Å². The minimum atomic E-state index is 0.636. The topological polar surface area (TPSA) is 36.3 Å². The fourth-order valence-electron chi connectivity index (χ4n) is 1.98. The van der Waals surface area contributed by atoms with E-state index < -0.39 is 0 Å². The Morgan fingerprint density at radius 3 is 2.76 bits per heavy atom. The van der Waals surface area contributed by atoms with E-state index in [-0.39, 0.29) is 0 Å². The lowest BCUT2D eigenvalue weighted by molar-refractivity contribution is 0.237. The van der Waals surface area contributed by atoms with Gasteiger partial charge in [-0.15, -0.1) is 0 Å². The van der Waals surface area contributed by atoms with E-state index in [0.717, 1.165) is 16.8 Å². The van der Waals surface area contributed by atoms with Gasteiger partial charge in [0.2, 0.25) is 0 Å². The van der Waals surface area contributed by atoms with Gasteiger partial charge < -0.3 is 4.74 Å². The molecule has 0 aliphatic carbocycles. The Morgan fingerprint density at radius 2 is 2.12 bits per heavy atom. The largest absolute Gasteiger partial charge is 0.492 e.